The average molecular weight is 161 g/mol. The molecular formula is C7H15NOS. The van der Waals surface area contributed by atoms with Crippen LogP contribution in [0.4, 0.5) is 0 Å². The molecule has 3 heteroatoms. The Morgan fingerprint density at radius 1 is 1.40 bits per heavy atom. The maximum absolute atomic E-state index is 10.5. The van der Waals surface area contributed by atoms with Crippen LogP contribution >= 0.6 is 11.8 Å². The Labute approximate surface area is 67.0 Å². The third-order valence-electron chi connectivity index (χ3n) is 1.34. The highest BCUT2D eigenvalue weighted by Crippen LogP contribution is 2.03. The van der Waals surface area contributed by atoms with Crippen LogP contribution in [0.1, 0.15) is 20.8 Å². The summed E-state index contributed by atoms with van der Waals surface area (Å²) in [6, 6.07) is 0. The van der Waals surface area contributed by atoms with Crippen LogP contribution < -0.4 is 0 Å². The zero-order valence-corrected chi connectivity index (χ0v) is 7.70. The Morgan fingerprint density at radius 2 is 1.90 bits per heavy atom. The molecule has 0 spiro atoms. The van der Waals surface area contributed by atoms with E-state index in [0.29, 0.717) is 0 Å². The Bertz CT molecular complexity index is 102. The third-order valence-corrected chi connectivity index (χ3v) is 2.25. The number of rotatable bonds is 4. The van der Waals surface area contributed by atoms with E-state index >= 15 is 0 Å². The summed E-state index contributed by atoms with van der Waals surface area (Å²) in [6.45, 7) is 7.86. The summed E-state index contributed by atoms with van der Waals surface area (Å²) in [5.74, 6) is 0.836. The van der Waals surface area contributed by atoms with Gasteiger partial charge in [-0.15, -0.1) is 0 Å². The molecule has 0 rings (SSSR count). The van der Waals surface area contributed by atoms with Gasteiger partial charge in [-0.1, -0.05) is 25.6 Å². The molecule has 0 N–H and O–H groups in total. The fourth-order valence-electron chi connectivity index (χ4n) is 0.588. The summed E-state index contributed by atoms with van der Waals surface area (Å²) >= 11 is 1.38. The van der Waals surface area contributed by atoms with Crippen molar-refractivity contribution in [2.24, 2.45) is 0 Å². The van der Waals surface area contributed by atoms with Crippen LogP contribution in [0, 0.1) is 0 Å². The number of nitrogens with zero attached hydrogens (tertiary/aromatic N) is 1. The molecule has 0 unspecified atom stereocenters. The topological polar surface area (TPSA) is 20.3 Å². The van der Waals surface area contributed by atoms with Crippen LogP contribution in [-0.4, -0.2) is 29.0 Å². The second-order valence-electron chi connectivity index (χ2n) is 2.07. The van der Waals surface area contributed by atoms with E-state index in [0.717, 1.165) is 19.0 Å². The summed E-state index contributed by atoms with van der Waals surface area (Å²) in [7, 11) is 0. The first-order valence-electron chi connectivity index (χ1n) is 3.56. The monoisotopic (exact) mass is 161 g/mol. The van der Waals surface area contributed by atoms with Crippen LogP contribution in [0.15, 0.2) is 0 Å². The molecule has 0 aromatic carbocycles. The Hall–Kier alpha value is -0.0200. The first-order chi connectivity index (χ1) is 4.70. The van der Waals surface area contributed by atoms with E-state index in [1.807, 2.05) is 0 Å². The minimum atomic E-state index is 0.201. The standard InChI is InChI=1S/C7H15NOS/c1-4-8(5-2)6-10-7(3)9/h4-6H2,1-3H3. The van der Waals surface area contributed by atoms with Crippen LogP contribution in [0.5, 0.6) is 0 Å². The van der Waals surface area contributed by atoms with Crippen LogP contribution in [0.2, 0.25) is 0 Å². The second kappa shape index (κ2) is 5.74. The fraction of sp³-hybridized carbons (Fsp3) is 0.857. The Kier molecular flexibility index (Phi) is 5.73. The van der Waals surface area contributed by atoms with Gasteiger partial charge in [0.05, 0.1) is 5.88 Å². The molecule has 10 heavy (non-hydrogen) atoms. The first kappa shape index (κ1) is 9.98. The molecule has 0 aliphatic heterocycles. The van der Waals surface area contributed by atoms with E-state index in [4.69, 9.17) is 0 Å². The number of thioether (sulfide) groups is 1. The molecule has 2 nitrogen and oxygen atoms in total. The lowest BCUT2D eigenvalue weighted by atomic mass is 10.6. The quantitative estimate of drug-likeness (QED) is 0.584. The predicted octanol–water partition coefficient (Wildman–Crippen LogP) is 1.57. The van der Waals surface area contributed by atoms with Gasteiger partial charge in [-0.25, -0.2) is 0 Å². The molecule has 0 saturated carbocycles. The number of carbonyl (C=O) groups is 1. The van der Waals surface area contributed by atoms with Gasteiger partial charge < -0.3 is 0 Å². The normalized spacial score (nSPS) is 10.4. The first-order valence-corrected chi connectivity index (χ1v) is 4.55. The molecule has 0 heterocycles. The Balaban J connectivity index is 3.34. The molecule has 0 bridgehead atoms. The van der Waals surface area contributed by atoms with Gasteiger partial charge in [-0.05, 0) is 13.1 Å². The van der Waals surface area contributed by atoms with Gasteiger partial charge in [-0.3, -0.25) is 9.69 Å². The molecule has 0 fully saturated rings. The van der Waals surface area contributed by atoms with E-state index in [1.165, 1.54) is 11.8 Å². The summed E-state index contributed by atoms with van der Waals surface area (Å²) < 4.78 is 0. The van der Waals surface area contributed by atoms with Crippen molar-refractivity contribution >= 4 is 16.9 Å². The lowest BCUT2D eigenvalue weighted by Crippen LogP contribution is -2.22. The van der Waals surface area contributed by atoms with Crippen molar-refractivity contribution < 1.29 is 4.79 Å². The van der Waals surface area contributed by atoms with Crippen LogP contribution in [-0.2, 0) is 4.79 Å². The molecule has 0 aromatic heterocycles. The Morgan fingerprint density at radius 3 is 2.20 bits per heavy atom. The molecule has 0 saturated heterocycles. The largest absolute Gasteiger partial charge is 0.294 e. The average Bonchev–Trinajstić information content (AvgIpc) is 1.90. The number of hydrogen-bond acceptors (Lipinski definition) is 3. The van der Waals surface area contributed by atoms with Gasteiger partial charge in [0.2, 0.25) is 0 Å². The van der Waals surface area contributed by atoms with Crippen molar-refractivity contribution in [2.75, 3.05) is 19.0 Å². The fourth-order valence-corrected chi connectivity index (χ4v) is 1.32. The molecule has 0 atom stereocenters. The molecule has 0 radical (unpaired) electrons. The predicted molar refractivity (Wildman–Crippen MR) is 46.1 cm³/mol. The maximum Gasteiger partial charge on any atom is 0.187 e. The minimum Gasteiger partial charge on any atom is -0.294 e. The highest BCUT2D eigenvalue weighted by atomic mass is 32.2. The minimum absolute atomic E-state index is 0.201. The van der Waals surface area contributed by atoms with Crippen molar-refractivity contribution in [3.8, 4) is 0 Å². The summed E-state index contributed by atoms with van der Waals surface area (Å²) in [4.78, 5) is 12.7. The van der Waals surface area contributed by atoms with E-state index in [9.17, 15) is 4.79 Å². The van der Waals surface area contributed by atoms with Crippen molar-refractivity contribution in [1.29, 1.82) is 0 Å². The summed E-state index contributed by atoms with van der Waals surface area (Å²) in [5, 5.41) is 0.201. The van der Waals surface area contributed by atoms with Crippen molar-refractivity contribution in [2.45, 2.75) is 20.8 Å². The van der Waals surface area contributed by atoms with Gasteiger partial charge in [0.1, 0.15) is 0 Å². The van der Waals surface area contributed by atoms with E-state index in [1.54, 1.807) is 6.92 Å². The third kappa shape index (κ3) is 4.82. The highest BCUT2D eigenvalue weighted by Gasteiger charge is 1.99. The van der Waals surface area contributed by atoms with Gasteiger partial charge in [-0.2, -0.15) is 0 Å². The molecule has 60 valence electrons. The van der Waals surface area contributed by atoms with Gasteiger partial charge >= 0.3 is 0 Å². The maximum atomic E-state index is 10.5. The van der Waals surface area contributed by atoms with Gasteiger partial charge in [0.25, 0.3) is 0 Å². The molecular weight excluding hydrogens is 146 g/mol. The lowest BCUT2D eigenvalue weighted by molar-refractivity contribution is -0.109. The van der Waals surface area contributed by atoms with E-state index < -0.39 is 0 Å². The molecule has 0 aromatic rings. The van der Waals surface area contributed by atoms with Gasteiger partial charge in [0.15, 0.2) is 5.12 Å². The molecule has 0 amide bonds. The number of hydrogen-bond donors (Lipinski definition) is 0. The number of carbonyl (C=O) groups excluding carboxylic acids is 1. The zero-order valence-electron chi connectivity index (χ0n) is 6.89. The van der Waals surface area contributed by atoms with E-state index in [2.05, 4.69) is 18.7 Å². The lowest BCUT2D eigenvalue weighted by Gasteiger charge is -2.15. The zero-order chi connectivity index (χ0) is 7.98. The SMILES string of the molecule is CCN(CC)CSC(C)=O. The molecule has 0 aliphatic rings. The van der Waals surface area contributed by atoms with Crippen molar-refractivity contribution in [3.63, 3.8) is 0 Å². The van der Waals surface area contributed by atoms with Gasteiger partial charge in [0, 0.05) is 6.92 Å². The van der Waals surface area contributed by atoms with E-state index in [-0.39, 0.29) is 5.12 Å². The second-order valence-corrected chi connectivity index (χ2v) is 3.19. The molecule has 0 aliphatic carbocycles. The van der Waals surface area contributed by atoms with Crippen molar-refractivity contribution in [3.05, 3.63) is 0 Å². The van der Waals surface area contributed by atoms with Crippen LogP contribution in [0.3, 0.4) is 0 Å². The van der Waals surface area contributed by atoms with Crippen molar-refractivity contribution in [1.82, 2.24) is 4.90 Å². The smallest absolute Gasteiger partial charge is 0.187 e. The van der Waals surface area contributed by atoms with Crippen LogP contribution in [0.25, 0.3) is 0 Å². The summed E-state index contributed by atoms with van der Waals surface area (Å²) in [6.07, 6.45) is 0. The summed E-state index contributed by atoms with van der Waals surface area (Å²) in [5.41, 5.74) is 0. The highest BCUT2D eigenvalue weighted by molar-refractivity contribution is 8.13.